The van der Waals surface area contributed by atoms with Crippen LogP contribution in [0, 0.1) is 0 Å². The highest BCUT2D eigenvalue weighted by molar-refractivity contribution is 6.87. The van der Waals surface area contributed by atoms with Crippen LogP contribution in [0.4, 0.5) is 11.6 Å². The van der Waals surface area contributed by atoms with Gasteiger partial charge in [0, 0.05) is 43.8 Å². The minimum Gasteiger partial charge on any atom is -0.404 e. The van der Waals surface area contributed by atoms with Gasteiger partial charge >= 0.3 is 8.88 Å². The Hall–Kier alpha value is -7.27. The molecule has 0 unspecified atom stereocenters. The number of benzene rings is 8. The normalized spacial score (nSPS) is 15.9. The number of aliphatic imine (C=N–C) groups is 4. The summed E-state index contributed by atoms with van der Waals surface area (Å²) in [7, 11) is -9.55. The van der Waals surface area contributed by atoms with Crippen LogP contribution in [0.5, 0.6) is 0 Å². The minimum absolute atomic E-state index is 0.571. The van der Waals surface area contributed by atoms with Crippen LogP contribution in [0.15, 0.2) is 176 Å². The van der Waals surface area contributed by atoms with Gasteiger partial charge in [-0.25, -0.2) is 30.0 Å². The van der Waals surface area contributed by atoms with Crippen LogP contribution < -0.4 is 11.0 Å². The molecule has 0 radical (unpaired) electrons. The second-order valence-corrected chi connectivity index (χ2v) is 32.0. The molecule has 0 saturated carbocycles. The van der Waals surface area contributed by atoms with E-state index in [1.807, 2.05) is 0 Å². The maximum absolute atomic E-state index is 8.07. The molecule has 6 heterocycles. The van der Waals surface area contributed by atoms with E-state index in [1.54, 1.807) is 0 Å². The fraction of sp³-hybridized carbons (Fsp3) is 0.111. The van der Waals surface area contributed by atoms with E-state index in [1.165, 1.54) is 0 Å². The highest BCUT2D eigenvalue weighted by Gasteiger charge is 2.56. The van der Waals surface area contributed by atoms with E-state index in [-0.39, 0.29) is 0 Å². The van der Waals surface area contributed by atoms with Crippen molar-refractivity contribution in [1.29, 1.82) is 0 Å². The molecule has 10 aromatic rings. The van der Waals surface area contributed by atoms with E-state index in [9.17, 15) is 0 Å². The highest BCUT2D eigenvalue weighted by atomic mass is 28.5. The maximum atomic E-state index is 8.07. The molecule has 67 heavy (non-hydrogen) atoms. The maximum Gasteiger partial charge on any atom is 0.582 e. The molecule has 322 valence electrons. The van der Waals surface area contributed by atoms with Crippen LogP contribution in [0.1, 0.15) is 22.3 Å². The molecule has 0 atom stereocenters. The van der Waals surface area contributed by atoms with Gasteiger partial charge < -0.3 is 8.23 Å². The molecule has 13 heteroatoms. The van der Waals surface area contributed by atoms with Gasteiger partial charge in [0.1, 0.15) is 22.6 Å². The predicted molar refractivity (Wildman–Crippen MR) is 280 cm³/mol. The first-order valence-electron chi connectivity index (χ1n) is 22.8. The number of hydrogen-bond donors (Lipinski definition) is 0. The monoisotopic (exact) mass is 918 g/mol. The molecule has 8 aromatic carbocycles. The number of nitrogens with zero attached hydrogens (tertiary/aromatic N) is 8. The van der Waals surface area contributed by atoms with Gasteiger partial charge in [-0.15, -0.1) is 0 Å². The second-order valence-electron chi connectivity index (χ2n) is 19.9. The summed E-state index contributed by atoms with van der Waals surface area (Å²) >= 11 is 0. The van der Waals surface area contributed by atoms with Crippen molar-refractivity contribution in [2.75, 3.05) is 0 Å². The standard InChI is InChI=1S/C54H42N8O2Si3/c1-65(2,3)63-67(64-66(4,5)6)61-51-43-27-35-19-11-12-20-36(35)28-44(43)53(61)59-49-41-25-33-17-9-10-18-34(33)26-42(41)50(56-49)60-54-46-30-38-22-14-13-21-37(38)29-45(46)52(62(54)67)58-48-40-24-32-16-8-7-15-31(32)23-39(40)47(55-48)57-51/h7-30H,1-6H3. The zero-order chi connectivity index (χ0) is 45.1. The third-order valence-electron chi connectivity index (χ3n) is 13.0. The summed E-state index contributed by atoms with van der Waals surface area (Å²) in [6.07, 6.45) is 0. The van der Waals surface area contributed by atoms with Crippen molar-refractivity contribution in [1.82, 2.24) is 8.47 Å². The van der Waals surface area contributed by atoms with Crippen molar-refractivity contribution in [3.63, 3.8) is 0 Å². The summed E-state index contributed by atoms with van der Waals surface area (Å²) in [5, 5.41) is 12.4. The molecule has 4 aliphatic rings. The van der Waals surface area contributed by atoms with E-state index in [0.29, 0.717) is 46.0 Å². The minimum atomic E-state index is -4.28. The topological polar surface area (TPSA) is 102 Å². The van der Waals surface area contributed by atoms with Crippen molar-refractivity contribution in [2.45, 2.75) is 39.3 Å². The van der Waals surface area contributed by atoms with Crippen LogP contribution in [0.2, 0.25) is 39.3 Å². The Labute approximate surface area is 388 Å². The van der Waals surface area contributed by atoms with E-state index in [0.717, 1.165) is 86.9 Å². The Bertz CT molecular complexity index is 3950. The first kappa shape index (κ1) is 38.9. The Kier molecular flexibility index (Phi) is 7.81. The van der Waals surface area contributed by atoms with Gasteiger partial charge in [0.25, 0.3) is 0 Å². The van der Waals surface area contributed by atoms with Crippen molar-refractivity contribution in [3.05, 3.63) is 179 Å². The second kappa shape index (κ2) is 13.4. The van der Waals surface area contributed by atoms with E-state index in [2.05, 4.69) is 193 Å². The summed E-state index contributed by atoms with van der Waals surface area (Å²) in [5.74, 6) is 3.60. The molecule has 0 N–H and O–H groups in total. The summed E-state index contributed by atoms with van der Waals surface area (Å²) in [6, 6.07) is 51.7. The molecule has 0 fully saturated rings. The zero-order valence-corrected chi connectivity index (χ0v) is 40.8. The SMILES string of the molecule is C[Si](C)(C)O[Si]1(O[Si](C)(C)C)n2c3c4cc5ccccc5cc4c2N=C2N=C(N=c4c5cc6ccccc6cc5c(n41)=NC1=NC(=N3)c3cc4ccccc4cc31)c1cc3ccccc3cc12. The number of hydrogen-bond acceptors (Lipinski definition) is 8. The number of fused-ring (bicyclic) bond motifs is 18. The van der Waals surface area contributed by atoms with Crippen molar-refractivity contribution in [3.8, 4) is 0 Å². The number of rotatable bonds is 4. The molecule has 0 spiro atoms. The lowest BCUT2D eigenvalue weighted by molar-refractivity contribution is 0.340. The third kappa shape index (κ3) is 5.79. The quantitative estimate of drug-likeness (QED) is 0.164. The van der Waals surface area contributed by atoms with Crippen molar-refractivity contribution >= 4 is 125 Å². The molecular weight excluding hydrogens is 877 g/mol. The third-order valence-corrected chi connectivity index (χ3v) is 22.0. The fourth-order valence-electron chi connectivity index (χ4n) is 10.4. The molecule has 0 saturated heterocycles. The fourth-order valence-corrected chi connectivity index (χ4v) is 20.7. The Morgan fingerprint density at radius 1 is 0.343 bits per heavy atom. The molecule has 2 aromatic heterocycles. The lowest BCUT2D eigenvalue weighted by atomic mass is 10.0. The smallest absolute Gasteiger partial charge is 0.404 e. The lowest BCUT2D eigenvalue weighted by Crippen LogP contribution is -2.69. The van der Waals surface area contributed by atoms with Gasteiger partial charge in [-0.05, 0) is 131 Å². The van der Waals surface area contributed by atoms with E-state index >= 15 is 0 Å². The molecule has 10 nitrogen and oxygen atoms in total. The van der Waals surface area contributed by atoms with Crippen molar-refractivity contribution in [2.24, 2.45) is 30.0 Å². The van der Waals surface area contributed by atoms with Gasteiger partial charge in [-0.1, -0.05) is 97.1 Å². The first-order chi connectivity index (χ1) is 32.4. The Morgan fingerprint density at radius 3 is 0.940 bits per heavy atom. The number of aromatic nitrogens is 2. The highest BCUT2D eigenvalue weighted by Crippen LogP contribution is 2.46. The Morgan fingerprint density at radius 2 is 0.627 bits per heavy atom. The van der Waals surface area contributed by atoms with Gasteiger partial charge in [-0.2, -0.15) is 0 Å². The van der Waals surface area contributed by atoms with Crippen molar-refractivity contribution < 1.29 is 8.23 Å². The Balaban J connectivity index is 1.30. The summed E-state index contributed by atoms with van der Waals surface area (Å²) in [4.78, 5) is 34.0. The van der Waals surface area contributed by atoms with Crippen LogP contribution in [-0.4, -0.2) is 57.3 Å². The average Bonchev–Trinajstić information content (AvgIpc) is 3.99. The summed E-state index contributed by atoms with van der Waals surface area (Å²) in [5.41, 5.74) is 4.95. The van der Waals surface area contributed by atoms with Gasteiger partial charge in [0.05, 0.1) is 0 Å². The molecular formula is C54H42N8O2Si3. The molecule has 4 aliphatic heterocycles. The predicted octanol–water partition coefficient (Wildman–Crippen LogP) is 11.7. The molecule has 14 rings (SSSR count). The van der Waals surface area contributed by atoms with Crippen LogP contribution in [0.25, 0.3) is 64.6 Å². The van der Waals surface area contributed by atoms with Crippen LogP contribution >= 0.6 is 0 Å². The zero-order valence-electron chi connectivity index (χ0n) is 37.8. The van der Waals surface area contributed by atoms with Gasteiger partial charge in [-0.3, -0.25) is 8.47 Å². The first-order valence-corrected chi connectivity index (χ1v) is 31.3. The average molecular weight is 919 g/mol. The van der Waals surface area contributed by atoms with Crippen LogP contribution in [0.3, 0.4) is 0 Å². The largest absolute Gasteiger partial charge is 0.582 e. The van der Waals surface area contributed by atoms with E-state index < -0.39 is 25.5 Å². The van der Waals surface area contributed by atoms with Crippen LogP contribution in [-0.2, 0) is 8.23 Å². The van der Waals surface area contributed by atoms with E-state index in [4.69, 9.17) is 38.2 Å². The lowest BCUT2D eigenvalue weighted by Gasteiger charge is -2.41. The number of amidine groups is 4. The van der Waals surface area contributed by atoms with Gasteiger partial charge in [0.2, 0.25) is 0 Å². The molecule has 0 aliphatic carbocycles. The summed E-state index contributed by atoms with van der Waals surface area (Å²) in [6.45, 7) is 13.4. The summed E-state index contributed by atoms with van der Waals surface area (Å²) < 4.78 is 20.7. The van der Waals surface area contributed by atoms with Gasteiger partial charge in [0.15, 0.2) is 40.0 Å². The molecule has 6 bridgehead atoms. The molecule has 0 amide bonds.